The van der Waals surface area contributed by atoms with E-state index >= 15 is 0 Å². The van der Waals surface area contributed by atoms with Crippen molar-refractivity contribution in [2.75, 3.05) is 13.7 Å². The summed E-state index contributed by atoms with van der Waals surface area (Å²) in [6, 6.07) is 27.9. The molecular formula is C36H44N2O2. The van der Waals surface area contributed by atoms with E-state index in [1.165, 1.54) is 27.8 Å². The average molecular weight is 537 g/mol. The molecule has 0 aliphatic heterocycles. The lowest BCUT2D eigenvalue weighted by Crippen LogP contribution is -2.26. The lowest BCUT2D eigenvalue weighted by atomic mass is 9.94. The normalized spacial score (nSPS) is 11.3. The van der Waals surface area contributed by atoms with E-state index in [4.69, 9.17) is 14.5 Å². The van der Waals surface area contributed by atoms with E-state index in [1.807, 2.05) is 12.1 Å². The summed E-state index contributed by atoms with van der Waals surface area (Å²) >= 11 is 0. The molecule has 0 spiro atoms. The highest BCUT2D eigenvalue weighted by atomic mass is 16.5. The molecule has 0 radical (unpaired) electrons. The third kappa shape index (κ3) is 7.51. The Morgan fingerprint density at radius 3 is 2.08 bits per heavy atom. The Bertz CT molecular complexity index is 1340. The van der Waals surface area contributed by atoms with E-state index in [2.05, 4.69) is 106 Å². The molecule has 4 rings (SSSR count). The second-order valence-electron chi connectivity index (χ2n) is 10.7. The topological polar surface area (TPSA) is 34.6 Å². The van der Waals surface area contributed by atoms with Crippen LogP contribution in [0.4, 0.5) is 0 Å². The Labute approximate surface area is 241 Å². The number of aromatic nitrogens is 1. The molecule has 1 aromatic heterocycles. The zero-order valence-corrected chi connectivity index (χ0v) is 25.0. The van der Waals surface area contributed by atoms with Crippen molar-refractivity contribution in [1.82, 2.24) is 9.88 Å². The van der Waals surface area contributed by atoms with Crippen molar-refractivity contribution in [1.29, 1.82) is 0 Å². The van der Waals surface area contributed by atoms with Crippen LogP contribution in [0, 0.1) is 6.92 Å². The second-order valence-corrected chi connectivity index (χ2v) is 10.7. The van der Waals surface area contributed by atoms with Gasteiger partial charge in [-0.25, -0.2) is 0 Å². The Morgan fingerprint density at radius 2 is 1.48 bits per heavy atom. The molecule has 1 heterocycles. The maximum atomic E-state index is 6.49. The van der Waals surface area contributed by atoms with Crippen molar-refractivity contribution < 1.29 is 9.47 Å². The number of hydrogen-bond donors (Lipinski definition) is 0. The highest BCUT2D eigenvalue weighted by Gasteiger charge is 2.19. The van der Waals surface area contributed by atoms with Gasteiger partial charge in [0.25, 0.3) is 0 Å². The molecule has 4 heteroatoms. The number of methoxy groups -OCH3 is 1. The number of rotatable bonds is 13. The zero-order valence-electron chi connectivity index (χ0n) is 25.0. The maximum Gasteiger partial charge on any atom is 0.128 e. The standard InChI is InChI=1S/C36H44N2O2/c1-7-30-15-12-16-31(8-2)36(30)34-23-35(40-26(3)4)33(27(5)37-34)25-38(24-29-13-10-9-11-14-29)22-21-28-17-19-32(39-6)20-18-28/h9-20,23,26H,7-8,21-22,24-25H2,1-6H3. The molecule has 0 aliphatic rings. The number of aryl methyl sites for hydroxylation is 3. The van der Waals surface area contributed by atoms with Gasteiger partial charge in [0.2, 0.25) is 0 Å². The largest absolute Gasteiger partial charge is 0.497 e. The van der Waals surface area contributed by atoms with Crippen LogP contribution in [-0.2, 0) is 32.4 Å². The molecule has 210 valence electrons. The number of pyridine rings is 1. The molecule has 0 unspecified atom stereocenters. The molecule has 0 fully saturated rings. The van der Waals surface area contributed by atoms with E-state index in [-0.39, 0.29) is 6.10 Å². The smallest absolute Gasteiger partial charge is 0.128 e. The van der Waals surface area contributed by atoms with Crippen LogP contribution >= 0.6 is 0 Å². The summed E-state index contributed by atoms with van der Waals surface area (Å²) in [6.45, 7) is 13.3. The Morgan fingerprint density at radius 1 is 0.800 bits per heavy atom. The summed E-state index contributed by atoms with van der Waals surface area (Å²) in [4.78, 5) is 7.71. The van der Waals surface area contributed by atoms with Gasteiger partial charge in [0.1, 0.15) is 11.5 Å². The summed E-state index contributed by atoms with van der Waals surface area (Å²) in [6.07, 6.45) is 2.97. The molecule has 0 atom stereocenters. The minimum Gasteiger partial charge on any atom is -0.497 e. The maximum absolute atomic E-state index is 6.49. The molecule has 4 aromatic rings. The Hall–Kier alpha value is -3.63. The predicted octanol–water partition coefficient (Wildman–Crippen LogP) is 8.22. The molecule has 4 nitrogen and oxygen atoms in total. The van der Waals surface area contributed by atoms with E-state index in [1.54, 1.807) is 7.11 Å². The molecule has 3 aromatic carbocycles. The Kier molecular flexibility index (Phi) is 10.4. The van der Waals surface area contributed by atoms with Gasteiger partial charge in [-0.2, -0.15) is 0 Å². The highest BCUT2D eigenvalue weighted by molar-refractivity contribution is 5.70. The third-order valence-corrected chi connectivity index (χ3v) is 7.41. The van der Waals surface area contributed by atoms with E-state index < -0.39 is 0 Å². The van der Waals surface area contributed by atoms with Crippen molar-refractivity contribution in [3.8, 4) is 22.8 Å². The first-order valence-corrected chi connectivity index (χ1v) is 14.6. The average Bonchev–Trinajstić information content (AvgIpc) is 2.97. The number of benzene rings is 3. The van der Waals surface area contributed by atoms with Crippen LogP contribution in [0.5, 0.6) is 11.5 Å². The fourth-order valence-electron chi connectivity index (χ4n) is 5.28. The third-order valence-electron chi connectivity index (χ3n) is 7.41. The highest BCUT2D eigenvalue weighted by Crippen LogP contribution is 2.34. The van der Waals surface area contributed by atoms with Crippen molar-refractivity contribution in [3.05, 3.63) is 112 Å². The molecule has 0 N–H and O–H groups in total. The summed E-state index contributed by atoms with van der Waals surface area (Å²) in [5.74, 6) is 1.83. The fraction of sp³-hybridized carbons (Fsp3) is 0.361. The van der Waals surface area contributed by atoms with Gasteiger partial charge in [0.15, 0.2) is 0 Å². The quantitative estimate of drug-likeness (QED) is 0.172. The van der Waals surface area contributed by atoms with Crippen LogP contribution in [0.15, 0.2) is 78.9 Å². The van der Waals surface area contributed by atoms with Crippen LogP contribution in [0.3, 0.4) is 0 Å². The Balaban J connectivity index is 1.69. The molecule has 0 bridgehead atoms. The van der Waals surface area contributed by atoms with Gasteiger partial charge < -0.3 is 9.47 Å². The van der Waals surface area contributed by atoms with Gasteiger partial charge in [0.05, 0.1) is 18.9 Å². The first-order chi connectivity index (χ1) is 19.4. The van der Waals surface area contributed by atoms with Gasteiger partial charge in [0, 0.05) is 42.5 Å². The van der Waals surface area contributed by atoms with E-state index in [9.17, 15) is 0 Å². The zero-order chi connectivity index (χ0) is 28.5. The number of hydrogen-bond acceptors (Lipinski definition) is 4. The van der Waals surface area contributed by atoms with Crippen molar-refractivity contribution in [2.45, 2.75) is 73.1 Å². The number of nitrogens with zero attached hydrogens (tertiary/aromatic N) is 2. The first-order valence-electron chi connectivity index (χ1n) is 14.6. The lowest BCUT2D eigenvalue weighted by molar-refractivity contribution is 0.223. The summed E-state index contributed by atoms with van der Waals surface area (Å²) in [5, 5.41) is 0. The first kappa shape index (κ1) is 29.4. The van der Waals surface area contributed by atoms with Crippen LogP contribution in [-0.4, -0.2) is 29.6 Å². The van der Waals surface area contributed by atoms with Gasteiger partial charge in [-0.15, -0.1) is 0 Å². The van der Waals surface area contributed by atoms with Crippen molar-refractivity contribution in [3.63, 3.8) is 0 Å². The summed E-state index contributed by atoms with van der Waals surface area (Å²) in [7, 11) is 1.71. The predicted molar refractivity (Wildman–Crippen MR) is 166 cm³/mol. The molecule has 0 amide bonds. The van der Waals surface area contributed by atoms with Gasteiger partial charge >= 0.3 is 0 Å². The van der Waals surface area contributed by atoms with Crippen LogP contribution in [0.1, 0.15) is 61.2 Å². The van der Waals surface area contributed by atoms with Gasteiger partial charge in [-0.3, -0.25) is 9.88 Å². The molecule has 0 aliphatic carbocycles. The monoisotopic (exact) mass is 536 g/mol. The van der Waals surface area contributed by atoms with Crippen LogP contribution in [0.25, 0.3) is 11.3 Å². The van der Waals surface area contributed by atoms with Gasteiger partial charge in [-0.1, -0.05) is 74.5 Å². The molecule has 0 saturated heterocycles. The minimum absolute atomic E-state index is 0.0716. The minimum atomic E-state index is 0.0716. The lowest BCUT2D eigenvalue weighted by Gasteiger charge is -2.26. The van der Waals surface area contributed by atoms with Crippen LogP contribution < -0.4 is 9.47 Å². The van der Waals surface area contributed by atoms with Crippen LogP contribution in [0.2, 0.25) is 0 Å². The second kappa shape index (κ2) is 14.1. The van der Waals surface area contributed by atoms with E-state index in [0.29, 0.717) is 0 Å². The fourth-order valence-corrected chi connectivity index (χ4v) is 5.28. The van der Waals surface area contributed by atoms with Crippen molar-refractivity contribution >= 4 is 0 Å². The summed E-state index contributed by atoms with van der Waals surface area (Å²) in [5.41, 5.74) is 9.73. The SMILES string of the molecule is CCc1cccc(CC)c1-c1cc(OC(C)C)c(CN(CCc2ccc(OC)cc2)Cc2ccccc2)c(C)n1. The van der Waals surface area contributed by atoms with Crippen molar-refractivity contribution in [2.24, 2.45) is 0 Å². The van der Waals surface area contributed by atoms with Gasteiger partial charge in [-0.05, 0) is 74.4 Å². The summed E-state index contributed by atoms with van der Waals surface area (Å²) < 4.78 is 11.8. The molecule has 40 heavy (non-hydrogen) atoms. The molecule has 0 saturated carbocycles. The molecular weight excluding hydrogens is 492 g/mol. The number of ether oxygens (including phenoxy) is 2. The van der Waals surface area contributed by atoms with E-state index in [0.717, 1.165) is 67.3 Å².